The summed E-state index contributed by atoms with van der Waals surface area (Å²) in [5, 5.41) is 2.68. The Hall–Kier alpha value is -3.22. The van der Waals surface area contributed by atoms with Crippen LogP contribution in [-0.4, -0.2) is 39.3 Å². The molecule has 7 heteroatoms. The van der Waals surface area contributed by atoms with Crippen molar-refractivity contribution in [3.05, 3.63) is 47.5 Å². The van der Waals surface area contributed by atoms with Crippen LogP contribution in [0.3, 0.4) is 0 Å². The summed E-state index contributed by atoms with van der Waals surface area (Å²) >= 11 is 0. The predicted molar refractivity (Wildman–Crippen MR) is 101 cm³/mol. The molecule has 2 aromatic rings. The fourth-order valence-corrected chi connectivity index (χ4v) is 2.39. The molecule has 0 aliphatic carbocycles. The maximum atomic E-state index is 12.3. The fraction of sp³-hybridized carbons (Fsp3) is 0.300. The molecule has 0 bridgehead atoms. The number of anilines is 1. The average Bonchev–Trinajstić information content (AvgIpc) is 2.67. The van der Waals surface area contributed by atoms with Crippen LogP contribution in [0.25, 0.3) is 0 Å². The molecule has 7 nitrogen and oxygen atoms in total. The Morgan fingerprint density at radius 2 is 1.56 bits per heavy atom. The van der Waals surface area contributed by atoms with Crippen LogP contribution in [0.2, 0.25) is 0 Å². The number of ether oxygens (including phenoxy) is 4. The normalized spacial score (nSPS) is 11.3. The highest BCUT2D eigenvalue weighted by molar-refractivity contribution is 5.97. The number of hydrogen-bond donors (Lipinski definition) is 1. The molecule has 0 heterocycles. The van der Waals surface area contributed by atoms with Crippen LogP contribution in [0.1, 0.15) is 22.8 Å². The molecule has 0 radical (unpaired) electrons. The first-order valence-electron chi connectivity index (χ1n) is 8.28. The summed E-state index contributed by atoms with van der Waals surface area (Å²) in [4.78, 5) is 24.6. The minimum absolute atomic E-state index is 0.309. The van der Waals surface area contributed by atoms with Crippen molar-refractivity contribution in [2.24, 2.45) is 0 Å². The molecule has 0 saturated carbocycles. The number of carbonyl (C=O) groups excluding carboxylic acids is 2. The Morgan fingerprint density at radius 3 is 2.19 bits per heavy atom. The second kappa shape index (κ2) is 8.93. The minimum Gasteiger partial charge on any atom is -0.496 e. The SMILES string of the molecule is COc1cc(C(=O)OC(C)C(=O)Nc2ccc(OC)c(OC)c2)ccc1C. The summed E-state index contributed by atoms with van der Waals surface area (Å²) in [6.07, 6.45) is -0.988. The van der Waals surface area contributed by atoms with Crippen molar-refractivity contribution in [3.63, 3.8) is 0 Å². The van der Waals surface area contributed by atoms with E-state index in [1.165, 1.54) is 28.3 Å². The van der Waals surface area contributed by atoms with Crippen molar-refractivity contribution in [3.8, 4) is 17.2 Å². The Morgan fingerprint density at radius 1 is 0.889 bits per heavy atom. The zero-order chi connectivity index (χ0) is 20.0. The fourth-order valence-electron chi connectivity index (χ4n) is 2.39. The highest BCUT2D eigenvalue weighted by Gasteiger charge is 2.20. The highest BCUT2D eigenvalue weighted by Crippen LogP contribution is 2.29. The molecule has 1 unspecified atom stereocenters. The smallest absolute Gasteiger partial charge is 0.339 e. The quantitative estimate of drug-likeness (QED) is 0.751. The van der Waals surface area contributed by atoms with Gasteiger partial charge in [-0.15, -0.1) is 0 Å². The van der Waals surface area contributed by atoms with Crippen LogP contribution >= 0.6 is 0 Å². The first-order chi connectivity index (χ1) is 12.9. The first-order valence-corrected chi connectivity index (χ1v) is 8.28. The van der Waals surface area contributed by atoms with E-state index >= 15 is 0 Å². The van der Waals surface area contributed by atoms with Gasteiger partial charge in [0.1, 0.15) is 5.75 Å². The van der Waals surface area contributed by atoms with Crippen LogP contribution in [-0.2, 0) is 9.53 Å². The van der Waals surface area contributed by atoms with Gasteiger partial charge in [-0.1, -0.05) is 6.07 Å². The highest BCUT2D eigenvalue weighted by atomic mass is 16.5. The molecular formula is C20H23NO6. The van der Waals surface area contributed by atoms with Crippen molar-refractivity contribution in [2.75, 3.05) is 26.6 Å². The van der Waals surface area contributed by atoms with Gasteiger partial charge in [-0.3, -0.25) is 4.79 Å². The summed E-state index contributed by atoms with van der Waals surface area (Å²) in [7, 11) is 4.55. The van der Waals surface area contributed by atoms with Crippen LogP contribution in [0, 0.1) is 6.92 Å². The zero-order valence-electron chi connectivity index (χ0n) is 16.0. The van der Waals surface area contributed by atoms with E-state index in [2.05, 4.69) is 5.32 Å². The maximum absolute atomic E-state index is 12.3. The van der Waals surface area contributed by atoms with Gasteiger partial charge in [-0.25, -0.2) is 4.79 Å². The van der Waals surface area contributed by atoms with Gasteiger partial charge >= 0.3 is 5.97 Å². The molecule has 0 saturated heterocycles. The predicted octanol–water partition coefficient (Wildman–Crippen LogP) is 3.20. The number of carbonyl (C=O) groups is 2. The summed E-state index contributed by atoms with van der Waals surface area (Å²) in [5.74, 6) is 0.528. The number of aryl methyl sites for hydroxylation is 1. The van der Waals surface area contributed by atoms with Crippen molar-refractivity contribution in [1.82, 2.24) is 0 Å². The Balaban J connectivity index is 2.04. The summed E-state index contributed by atoms with van der Waals surface area (Å²) in [5.41, 5.74) is 1.70. The average molecular weight is 373 g/mol. The third kappa shape index (κ3) is 4.91. The molecule has 1 atom stereocenters. The summed E-state index contributed by atoms with van der Waals surface area (Å²) in [6, 6.07) is 9.91. The van der Waals surface area contributed by atoms with E-state index in [1.807, 2.05) is 6.92 Å². The van der Waals surface area contributed by atoms with Gasteiger partial charge in [0.05, 0.1) is 26.9 Å². The number of benzene rings is 2. The summed E-state index contributed by atoms with van der Waals surface area (Å²) < 4.78 is 20.8. The van der Waals surface area contributed by atoms with Gasteiger partial charge in [0.2, 0.25) is 0 Å². The molecule has 0 aliphatic heterocycles. The van der Waals surface area contributed by atoms with Crippen LogP contribution < -0.4 is 19.5 Å². The van der Waals surface area contributed by atoms with Crippen molar-refractivity contribution >= 4 is 17.6 Å². The van der Waals surface area contributed by atoms with Crippen molar-refractivity contribution in [2.45, 2.75) is 20.0 Å². The Labute approximate surface area is 158 Å². The lowest BCUT2D eigenvalue weighted by Crippen LogP contribution is -2.30. The lowest BCUT2D eigenvalue weighted by molar-refractivity contribution is -0.123. The third-order valence-corrected chi connectivity index (χ3v) is 3.95. The number of nitrogens with one attached hydrogen (secondary N) is 1. The van der Waals surface area contributed by atoms with Crippen LogP contribution in [0.5, 0.6) is 17.2 Å². The molecule has 2 aromatic carbocycles. The monoisotopic (exact) mass is 373 g/mol. The second-order valence-corrected chi connectivity index (χ2v) is 5.79. The lowest BCUT2D eigenvalue weighted by atomic mass is 10.1. The third-order valence-electron chi connectivity index (χ3n) is 3.95. The number of hydrogen-bond acceptors (Lipinski definition) is 6. The number of amides is 1. The van der Waals surface area contributed by atoms with Gasteiger partial charge in [0.25, 0.3) is 5.91 Å². The van der Waals surface area contributed by atoms with E-state index in [-0.39, 0.29) is 0 Å². The molecule has 0 spiro atoms. The lowest BCUT2D eigenvalue weighted by Gasteiger charge is -2.15. The van der Waals surface area contributed by atoms with Gasteiger partial charge < -0.3 is 24.3 Å². The molecule has 0 aliphatic rings. The largest absolute Gasteiger partial charge is 0.496 e. The number of esters is 1. The molecule has 27 heavy (non-hydrogen) atoms. The minimum atomic E-state index is -0.988. The molecule has 0 aromatic heterocycles. The number of methoxy groups -OCH3 is 3. The topological polar surface area (TPSA) is 83.1 Å². The van der Waals surface area contributed by atoms with E-state index in [4.69, 9.17) is 18.9 Å². The Bertz CT molecular complexity index is 833. The molecule has 1 N–H and O–H groups in total. The van der Waals surface area contributed by atoms with Gasteiger partial charge in [-0.2, -0.15) is 0 Å². The standard InChI is InChI=1S/C20H23NO6/c1-12-6-7-14(10-17(12)25-4)20(23)27-13(2)19(22)21-15-8-9-16(24-3)18(11-15)26-5/h6-11,13H,1-5H3,(H,21,22). The number of rotatable bonds is 7. The first kappa shape index (κ1) is 20.1. The summed E-state index contributed by atoms with van der Waals surface area (Å²) in [6.45, 7) is 3.37. The van der Waals surface area contributed by atoms with Gasteiger partial charge in [-0.05, 0) is 43.7 Å². The van der Waals surface area contributed by atoms with Crippen LogP contribution in [0.15, 0.2) is 36.4 Å². The van der Waals surface area contributed by atoms with Gasteiger partial charge in [0, 0.05) is 11.8 Å². The van der Waals surface area contributed by atoms with Gasteiger partial charge in [0.15, 0.2) is 17.6 Å². The Kier molecular flexibility index (Phi) is 6.65. The molecular weight excluding hydrogens is 350 g/mol. The van der Waals surface area contributed by atoms with E-state index in [0.29, 0.717) is 28.5 Å². The van der Waals surface area contributed by atoms with Crippen molar-refractivity contribution in [1.29, 1.82) is 0 Å². The molecule has 2 rings (SSSR count). The molecule has 1 amide bonds. The van der Waals surface area contributed by atoms with E-state index in [0.717, 1.165) is 5.56 Å². The zero-order valence-corrected chi connectivity index (χ0v) is 16.0. The van der Waals surface area contributed by atoms with Crippen LogP contribution in [0.4, 0.5) is 5.69 Å². The van der Waals surface area contributed by atoms with E-state index < -0.39 is 18.0 Å². The molecule has 0 fully saturated rings. The van der Waals surface area contributed by atoms with E-state index in [1.54, 1.807) is 36.4 Å². The van der Waals surface area contributed by atoms with E-state index in [9.17, 15) is 9.59 Å². The molecule has 144 valence electrons. The van der Waals surface area contributed by atoms with Crippen molar-refractivity contribution < 1.29 is 28.5 Å². The second-order valence-electron chi connectivity index (χ2n) is 5.79. The maximum Gasteiger partial charge on any atom is 0.339 e.